The molecule has 0 radical (unpaired) electrons. The van der Waals surface area contributed by atoms with Gasteiger partial charge < -0.3 is 10.1 Å². The van der Waals surface area contributed by atoms with Gasteiger partial charge in [0.2, 0.25) is 0 Å². The maximum absolute atomic E-state index is 5.77. The first kappa shape index (κ1) is 8.42. The van der Waals surface area contributed by atoms with Gasteiger partial charge >= 0.3 is 0 Å². The first-order valence-electron chi connectivity index (χ1n) is 4.81. The van der Waals surface area contributed by atoms with Crippen molar-refractivity contribution in [1.29, 1.82) is 0 Å². The quantitative estimate of drug-likeness (QED) is 0.711. The molecule has 0 amide bonds. The molecule has 1 aromatic rings. The molecule has 1 atom stereocenters. The zero-order valence-corrected chi connectivity index (χ0v) is 8.13. The Morgan fingerprint density at radius 3 is 3.15 bits per heavy atom. The second kappa shape index (κ2) is 3.29. The Morgan fingerprint density at radius 2 is 2.38 bits per heavy atom. The van der Waals surface area contributed by atoms with Gasteiger partial charge in [0.05, 0.1) is 12.2 Å². The van der Waals surface area contributed by atoms with Crippen LogP contribution >= 0.6 is 0 Å². The van der Waals surface area contributed by atoms with Gasteiger partial charge in [-0.2, -0.15) is 0 Å². The van der Waals surface area contributed by atoms with Crippen LogP contribution in [0.15, 0.2) is 18.2 Å². The number of aryl methyl sites for hydroxylation is 1. The van der Waals surface area contributed by atoms with Gasteiger partial charge in [-0.1, -0.05) is 13.0 Å². The largest absolute Gasteiger partial charge is 0.486 e. The molecule has 70 valence electrons. The molecule has 13 heavy (non-hydrogen) atoms. The van der Waals surface area contributed by atoms with Gasteiger partial charge in [0.25, 0.3) is 0 Å². The summed E-state index contributed by atoms with van der Waals surface area (Å²) in [5, 5.41) is 3.38. The summed E-state index contributed by atoms with van der Waals surface area (Å²) in [6.07, 6.45) is 1.38. The van der Waals surface area contributed by atoms with Crippen molar-refractivity contribution in [2.75, 3.05) is 11.9 Å². The average molecular weight is 177 g/mol. The fourth-order valence-electron chi connectivity index (χ4n) is 1.56. The summed E-state index contributed by atoms with van der Waals surface area (Å²) < 4.78 is 5.77. The van der Waals surface area contributed by atoms with E-state index >= 15 is 0 Å². The van der Waals surface area contributed by atoms with E-state index in [0.29, 0.717) is 6.10 Å². The minimum Gasteiger partial charge on any atom is -0.486 e. The number of nitrogens with one attached hydrogen (secondary N) is 1. The van der Waals surface area contributed by atoms with Gasteiger partial charge in [0.1, 0.15) is 11.9 Å². The van der Waals surface area contributed by atoms with Gasteiger partial charge in [-0.15, -0.1) is 0 Å². The van der Waals surface area contributed by atoms with Gasteiger partial charge in [-0.3, -0.25) is 0 Å². The Hall–Kier alpha value is -1.18. The van der Waals surface area contributed by atoms with E-state index in [9.17, 15) is 0 Å². The molecule has 1 aliphatic rings. The molecule has 0 unspecified atom stereocenters. The van der Waals surface area contributed by atoms with E-state index in [1.165, 1.54) is 5.56 Å². The summed E-state index contributed by atoms with van der Waals surface area (Å²) in [5.74, 6) is 0.990. The minimum atomic E-state index is 0.329. The standard InChI is InChI=1S/C11H15NO/c1-3-9-7-12-10-6-8(2)4-5-11(10)13-9/h4-6,9,12H,3,7H2,1-2H3/t9-/m1/s1. The highest BCUT2D eigenvalue weighted by Crippen LogP contribution is 2.30. The summed E-state index contributed by atoms with van der Waals surface area (Å²) in [7, 11) is 0. The Kier molecular flexibility index (Phi) is 2.13. The summed E-state index contributed by atoms with van der Waals surface area (Å²) in [4.78, 5) is 0. The number of anilines is 1. The van der Waals surface area contributed by atoms with E-state index in [-0.39, 0.29) is 0 Å². The third-order valence-electron chi connectivity index (χ3n) is 2.40. The van der Waals surface area contributed by atoms with Crippen molar-refractivity contribution in [1.82, 2.24) is 0 Å². The molecule has 1 aliphatic heterocycles. The molecule has 1 N–H and O–H groups in total. The van der Waals surface area contributed by atoms with Crippen LogP contribution in [0.25, 0.3) is 0 Å². The zero-order chi connectivity index (χ0) is 9.26. The van der Waals surface area contributed by atoms with E-state index in [2.05, 4.69) is 31.3 Å². The lowest BCUT2D eigenvalue weighted by Gasteiger charge is -2.26. The second-order valence-electron chi connectivity index (χ2n) is 3.53. The van der Waals surface area contributed by atoms with Crippen LogP contribution in [0.4, 0.5) is 5.69 Å². The lowest BCUT2D eigenvalue weighted by atomic mass is 10.1. The number of hydrogen-bond acceptors (Lipinski definition) is 2. The third kappa shape index (κ3) is 1.62. The van der Waals surface area contributed by atoms with Crippen LogP contribution in [-0.4, -0.2) is 12.6 Å². The summed E-state index contributed by atoms with van der Waals surface area (Å²) in [6, 6.07) is 6.25. The van der Waals surface area contributed by atoms with E-state index in [4.69, 9.17) is 4.74 Å². The monoisotopic (exact) mass is 177 g/mol. The normalized spacial score (nSPS) is 20.0. The van der Waals surface area contributed by atoms with Gasteiger partial charge in [-0.25, -0.2) is 0 Å². The van der Waals surface area contributed by atoms with Crippen LogP contribution in [-0.2, 0) is 0 Å². The highest BCUT2D eigenvalue weighted by atomic mass is 16.5. The molecule has 2 nitrogen and oxygen atoms in total. The predicted octanol–water partition coefficient (Wildman–Crippen LogP) is 2.58. The Morgan fingerprint density at radius 1 is 1.54 bits per heavy atom. The molecular weight excluding hydrogens is 162 g/mol. The van der Waals surface area contributed by atoms with Crippen LogP contribution in [0.2, 0.25) is 0 Å². The summed E-state index contributed by atoms with van der Waals surface area (Å²) in [6.45, 7) is 5.16. The topological polar surface area (TPSA) is 21.3 Å². The second-order valence-corrected chi connectivity index (χ2v) is 3.53. The minimum absolute atomic E-state index is 0.329. The molecule has 1 heterocycles. The molecule has 0 fully saturated rings. The Labute approximate surface area is 78.9 Å². The highest BCUT2D eigenvalue weighted by Gasteiger charge is 2.16. The molecule has 0 spiro atoms. The van der Waals surface area contributed by atoms with Crippen LogP contribution in [0, 0.1) is 6.92 Å². The Balaban J connectivity index is 2.26. The van der Waals surface area contributed by atoms with Crippen molar-refractivity contribution in [3.63, 3.8) is 0 Å². The lowest BCUT2D eigenvalue weighted by Crippen LogP contribution is -2.29. The van der Waals surface area contributed by atoms with Crippen LogP contribution in [0.1, 0.15) is 18.9 Å². The van der Waals surface area contributed by atoms with Crippen molar-refractivity contribution in [2.24, 2.45) is 0 Å². The number of fused-ring (bicyclic) bond motifs is 1. The van der Waals surface area contributed by atoms with Gasteiger partial charge in [-0.05, 0) is 31.0 Å². The van der Waals surface area contributed by atoms with Gasteiger partial charge in [0, 0.05) is 0 Å². The molecule has 0 bridgehead atoms. The van der Waals surface area contributed by atoms with Crippen molar-refractivity contribution >= 4 is 5.69 Å². The molecule has 2 rings (SSSR count). The number of rotatable bonds is 1. The summed E-state index contributed by atoms with van der Waals surface area (Å²) in [5.41, 5.74) is 2.40. The number of ether oxygens (including phenoxy) is 1. The fraction of sp³-hybridized carbons (Fsp3) is 0.455. The molecule has 0 aliphatic carbocycles. The maximum atomic E-state index is 5.77. The molecule has 0 saturated heterocycles. The average Bonchev–Trinajstić information content (AvgIpc) is 2.17. The predicted molar refractivity (Wildman–Crippen MR) is 54.4 cm³/mol. The Bertz CT molecular complexity index is 309. The number of hydrogen-bond donors (Lipinski definition) is 1. The van der Waals surface area contributed by atoms with E-state index in [1.807, 2.05) is 6.07 Å². The highest BCUT2D eigenvalue weighted by molar-refractivity contribution is 5.59. The third-order valence-corrected chi connectivity index (χ3v) is 2.40. The lowest BCUT2D eigenvalue weighted by molar-refractivity contribution is 0.202. The smallest absolute Gasteiger partial charge is 0.142 e. The van der Waals surface area contributed by atoms with Crippen LogP contribution in [0.5, 0.6) is 5.75 Å². The first-order valence-corrected chi connectivity index (χ1v) is 4.81. The summed E-state index contributed by atoms with van der Waals surface area (Å²) >= 11 is 0. The first-order chi connectivity index (χ1) is 6.29. The van der Waals surface area contributed by atoms with Crippen molar-refractivity contribution < 1.29 is 4.74 Å². The molecule has 2 heteroatoms. The van der Waals surface area contributed by atoms with Crippen molar-refractivity contribution in [3.05, 3.63) is 23.8 Å². The van der Waals surface area contributed by atoms with Gasteiger partial charge in [0.15, 0.2) is 0 Å². The number of benzene rings is 1. The van der Waals surface area contributed by atoms with Crippen molar-refractivity contribution in [3.8, 4) is 5.75 Å². The van der Waals surface area contributed by atoms with Crippen LogP contribution in [0.3, 0.4) is 0 Å². The maximum Gasteiger partial charge on any atom is 0.142 e. The van der Waals surface area contributed by atoms with Crippen LogP contribution < -0.4 is 10.1 Å². The SMILES string of the molecule is CC[C@@H]1CNc2cc(C)ccc2O1. The van der Waals surface area contributed by atoms with E-state index in [1.54, 1.807) is 0 Å². The molecule has 0 saturated carbocycles. The van der Waals surface area contributed by atoms with Crippen molar-refractivity contribution in [2.45, 2.75) is 26.4 Å². The molecule has 1 aromatic carbocycles. The molecule has 0 aromatic heterocycles. The molecular formula is C11H15NO. The van der Waals surface area contributed by atoms with E-state index in [0.717, 1.165) is 24.4 Å². The van der Waals surface area contributed by atoms with E-state index < -0.39 is 0 Å². The fourth-order valence-corrected chi connectivity index (χ4v) is 1.56. The zero-order valence-electron chi connectivity index (χ0n) is 8.13.